The van der Waals surface area contributed by atoms with Crippen molar-refractivity contribution < 1.29 is 4.79 Å². The molecule has 0 aromatic rings. The molecular weight excluding hydrogens is 284 g/mol. The molecule has 126 valence electrons. The van der Waals surface area contributed by atoms with Crippen molar-refractivity contribution in [2.45, 2.75) is 59.8 Å². The van der Waals surface area contributed by atoms with Crippen LogP contribution in [0.25, 0.3) is 0 Å². The molecule has 0 spiro atoms. The lowest BCUT2D eigenvalue weighted by atomic mass is 9.84. The van der Waals surface area contributed by atoms with Gasteiger partial charge in [0.25, 0.3) is 0 Å². The average molecular weight is 319 g/mol. The lowest BCUT2D eigenvalue weighted by molar-refractivity contribution is -0.133. The van der Waals surface area contributed by atoms with Gasteiger partial charge < -0.3 is 10.2 Å². The minimum Gasteiger partial charge on any atom is -0.343 e. The van der Waals surface area contributed by atoms with Gasteiger partial charge in [0.1, 0.15) is 0 Å². The normalized spacial score (nSPS) is 17.4. The first kappa shape index (κ1) is 20.7. The molecule has 1 rings (SSSR count). The first-order valence-corrected chi connectivity index (χ1v) is 8.60. The van der Waals surface area contributed by atoms with Crippen molar-refractivity contribution >= 4 is 18.3 Å². The summed E-state index contributed by atoms with van der Waals surface area (Å²) in [6.45, 7) is 12.9. The van der Waals surface area contributed by atoms with Crippen LogP contribution in [-0.2, 0) is 4.79 Å². The number of halogens is 1. The molecule has 0 aromatic heterocycles. The minimum atomic E-state index is 0. The zero-order valence-corrected chi connectivity index (χ0v) is 15.2. The fourth-order valence-corrected chi connectivity index (χ4v) is 3.25. The highest BCUT2D eigenvalue weighted by Gasteiger charge is 2.24. The highest BCUT2D eigenvalue weighted by atomic mass is 35.5. The first-order chi connectivity index (χ1) is 9.62. The SMILES string of the molecule is CCC(CC)CN(CC)C(=O)CC(C)C1CCNCC1.Cl. The Labute approximate surface area is 137 Å². The molecule has 1 aliphatic heterocycles. The Bertz CT molecular complexity index is 276. The molecular formula is C17H35ClN2O. The number of hydrogen-bond acceptors (Lipinski definition) is 2. The van der Waals surface area contributed by atoms with Crippen LogP contribution in [0.5, 0.6) is 0 Å². The van der Waals surface area contributed by atoms with Gasteiger partial charge >= 0.3 is 0 Å². The highest BCUT2D eigenvalue weighted by Crippen LogP contribution is 2.25. The Balaban J connectivity index is 0.00000400. The molecule has 0 bridgehead atoms. The first-order valence-electron chi connectivity index (χ1n) is 8.60. The van der Waals surface area contributed by atoms with E-state index in [1.54, 1.807) is 0 Å². The summed E-state index contributed by atoms with van der Waals surface area (Å²) in [5.41, 5.74) is 0. The Kier molecular flexibility index (Phi) is 11.2. The number of carbonyl (C=O) groups is 1. The molecule has 1 aliphatic rings. The van der Waals surface area contributed by atoms with Crippen molar-refractivity contribution in [3.8, 4) is 0 Å². The van der Waals surface area contributed by atoms with Crippen LogP contribution in [0.4, 0.5) is 0 Å². The van der Waals surface area contributed by atoms with Crippen molar-refractivity contribution in [1.82, 2.24) is 10.2 Å². The van der Waals surface area contributed by atoms with E-state index in [1.165, 1.54) is 25.7 Å². The third-order valence-electron chi connectivity index (χ3n) is 5.05. The second-order valence-corrected chi connectivity index (χ2v) is 6.38. The molecule has 0 aliphatic carbocycles. The summed E-state index contributed by atoms with van der Waals surface area (Å²) in [5, 5.41) is 3.40. The monoisotopic (exact) mass is 318 g/mol. The van der Waals surface area contributed by atoms with Gasteiger partial charge in [0, 0.05) is 19.5 Å². The predicted octanol–water partition coefficient (Wildman–Crippen LogP) is 3.72. The number of rotatable bonds is 8. The fraction of sp³-hybridized carbons (Fsp3) is 0.941. The van der Waals surface area contributed by atoms with Crippen LogP contribution in [0.3, 0.4) is 0 Å². The molecule has 1 unspecified atom stereocenters. The standard InChI is InChI=1S/C17H34N2O.ClH/c1-5-15(6-2)13-19(7-3)17(20)12-14(4)16-8-10-18-11-9-16;/h14-16,18H,5-13H2,1-4H3;1H. The van der Waals surface area contributed by atoms with Crippen molar-refractivity contribution in [2.75, 3.05) is 26.2 Å². The van der Waals surface area contributed by atoms with Gasteiger partial charge in [0.05, 0.1) is 0 Å². The summed E-state index contributed by atoms with van der Waals surface area (Å²) in [6, 6.07) is 0. The quantitative estimate of drug-likeness (QED) is 0.739. The maximum atomic E-state index is 12.5. The van der Waals surface area contributed by atoms with Crippen LogP contribution >= 0.6 is 12.4 Å². The Morgan fingerprint density at radius 2 is 1.76 bits per heavy atom. The van der Waals surface area contributed by atoms with Gasteiger partial charge in [-0.15, -0.1) is 12.4 Å². The number of piperidine rings is 1. The number of hydrogen-bond donors (Lipinski definition) is 1. The average Bonchev–Trinajstić information content (AvgIpc) is 2.49. The van der Waals surface area contributed by atoms with Crippen molar-refractivity contribution in [2.24, 2.45) is 17.8 Å². The van der Waals surface area contributed by atoms with Crippen LogP contribution in [0.1, 0.15) is 59.8 Å². The third-order valence-corrected chi connectivity index (χ3v) is 5.05. The van der Waals surface area contributed by atoms with Gasteiger partial charge in [-0.2, -0.15) is 0 Å². The van der Waals surface area contributed by atoms with Crippen LogP contribution in [0, 0.1) is 17.8 Å². The molecule has 1 fully saturated rings. The second-order valence-electron chi connectivity index (χ2n) is 6.38. The molecule has 21 heavy (non-hydrogen) atoms. The fourth-order valence-electron chi connectivity index (χ4n) is 3.25. The van der Waals surface area contributed by atoms with Gasteiger partial charge in [-0.25, -0.2) is 0 Å². The van der Waals surface area contributed by atoms with Crippen LogP contribution in [0.2, 0.25) is 0 Å². The molecule has 0 saturated carbocycles. The molecule has 0 radical (unpaired) electrons. The van der Waals surface area contributed by atoms with Crippen LogP contribution in [0.15, 0.2) is 0 Å². The van der Waals surface area contributed by atoms with E-state index >= 15 is 0 Å². The van der Waals surface area contributed by atoms with Crippen LogP contribution in [-0.4, -0.2) is 37.0 Å². The largest absolute Gasteiger partial charge is 0.343 e. The van der Waals surface area contributed by atoms with Crippen LogP contribution < -0.4 is 5.32 Å². The van der Waals surface area contributed by atoms with Crippen molar-refractivity contribution in [3.05, 3.63) is 0 Å². The summed E-state index contributed by atoms with van der Waals surface area (Å²) in [5.74, 6) is 2.28. The molecule has 1 saturated heterocycles. The lowest BCUT2D eigenvalue weighted by Gasteiger charge is -2.31. The number of amides is 1. The molecule has 1 N–H and O–H groups in total. The molecule has 0 aromatic carbocycles. The number of carbonyl (C=O) groups excluding carboxylic acids is 1. The summed E-state index contributed by atoms with van der Waals surface area (Å²) in [7, 11) is 0. The molecule has 1 heterocycles. The number of nitrogens with one attached hydrogen (secondary N) is 1. The summed E-state index contributed by atoms with van der Waals surface area (Å²) < 4.78 is 0. The Hall–Kier alpha value is -0.280. The Morgan fingerprint density at radius 1 is 1.19 bits per heavy atom. The third kappa shape index (κ3) is 7.01. The van der Waals surface area contributed by atoms with E-state index in [2.05, 4.69) is 37.9 Å². The predicted molar refractivity (Wildman–Crippen MR) is 92.9 cm³/mol. The van der Waals surface area contributed by atoms with E-state index in [-0.39, 0.29) is 12.4 Å². The summed E-state index contributed by atoms with van der Waals surface area (Å²) >= 11 is 0. The lowest BCUT2D eigenvalue weighted by Crippen LogP contribution is -2.38. The summed E-state index contributed by atoms with van der Waals surface area (Å²) in [6.07, 6.45) is 5.53. The zero-order chi connectivity index (χ0) is 15.0. The van der Waals surface area contributed by atoms with Crippen molar-refractivity contribution in [1.29, 1.82) is 0 Å². The molecule has 1 atom stereocenters. The second kappa shape index (κ2) is 11.3. The van der Waals surface area contributed by atoms with Gasteiger partial charge in [-0.05, 0) is 50.6 Å². The zero-order valence-electron chi connectivity index (χ0n) is 14.4. The van der Waals surface area contributed by atoms with Gasteiger partial charge in [-0.3, -0.25) is 4.79 Å². The van der Waals surface area contributed by atoms with Gasteiger partial charge in [-0.1, -0.05) is 33.6 Å². The maximum Gasteiger partial charge on any atom is 0.222 e. The summed E-state index contributed by atoms with van der Waals surface area (Å²) in [4.78, 5) is 14.6. The van der Waals surface area contributed by atoms with Gasteiger partial charge in [0.2, 0.25) is 5.91 Å². The number of nitrogens with zero attached hydrogens (tertiary/aromatic N) is 1. The maximum absolute atomic E-state index is 12.5. The van der Waals surface area contributed by atoms with E-state index in [0.29, 0.717) is 17.7 Å². The van der Waals surface area contributed by atoms with E-state index in [1.807, 2.05) is 0 Å². The molecule has 1 amide bonds. The topological polar surface area (TPSA) is 32.3 Å². The smallest absolute Gasteiger partial charge is 0.222 e. The van der Waals surface area contributed by atoms with Crippen molar-refractivity contribution in [3.63, 3.8) is 0 Å². The molecule has 3 nitrogen and oxygen atoms in total. The Morgan fingerprint density at radius 3 is 2.24 bits per heavy atom. The van der Waals surface area contributed by atoms with E-state index in [9.17, 15) is 4.79 Å². The minimum absolute atomic E-state index is 0. The van der Waals surface area contributed by atoms with E-state index < -0.39 is 0 Å². The molecule has 4 heteroatoms. The highest BCUT2D eigenvalue weighted by molar-refractivity contribution is 5.85. The van der Waals surface area contributed by atoms with E-state index in [4.69, 9.17) is 0 Å². The van der Waals surface area contributed by atoms with E-state index in [0.717, 1.165) is 38.5 Å². The van der Waals surface area contributed by atoms with Gasteiger partial charge in [0.15, 0.2) is 0 Å².